The summed E-state index contributed by atoms with van der Waals surface area (Å²) in [5.74, 6) is -0.356. The summed E-state index contributed by atoms with van der Waals surface area (Å²) < 4.78 is 14.8. The van der Waals surface area contributed by atoms with Crippen LogP contribution in [0.4, 0.5) is 10.1 Å². The molecule has 0 atom stereocenters. The molecule has 3 heterocycles. The Kier molecular flexibility index (Phi) is 4.70. The Morgan fingerprint density at radius 2 is 1.78 bits per heavy atom. The lowest BCUT2D eigenvalue weighted by molar-refractivity contribution is 0.0739. The van der Waals surface area contributed by atoms with Crippen molar-refractivity contribution in [2.24, 2.45) is 0 Å². The first kappa shape index (κ1) is 18.1. The average molecular weight is 407 g/mol. The molecule has 1 saturated heterocycles. The van der Waals surface area contributed by atoms with Gasteiger partial charge < -0.3 is 9.80 Å². The fraction of sp³-hybridized carbons (Fsp3) is 0.263. The van der Waals surface area contributed by atoms with Crippen molar-refractivity contribution in [1.29, 1.82) is 0 Å². The maximum Gasteiger partial charge on any atom is 0.272 e. The van der Waals surface area contributed by atoms with Gasteiger partial charge in [0.2, 0.25) is 0 Å². The second kappa shape index (κ2) is 7.02. The van der Waals surface area contributed by atoms with Crippen LogP contribution in [0.15, 0.2) is 36.5 Å². The van der Waals surface area contributed by atoms with Crippen molar-refractivity contribution in [3.63, 3.8) is 0 Å². The predicted molar refractivity (Wildman–Crippen MR) is 104 cm³/mol. The first-order chi connectivity index (χ1) is 12.9. The van der Waals surface area contributed by atoms with Gasteiger partial charge in [0.15, 0.2) is 5.65 Å². The van der Waals surface area contributed by atoms with E-state index in [4.69, 9.17) is 23.2 Å². The molecule has 0 radical (unpaired) electrons. The number of pyridine rings is 1. The molecule has 0 N–H and O–H groups in total. The summed E-state index contributed by atoms with van der Waals surface area (Å²) >= 11 is 12.3. The summed E-state index contributed by atoms with van der Waals surface area (Å²) in [6, 6.07) is 8.02. The number of hydrogen-bond acceptors (Lipinski definition) is 3. The van der Waals surface area contributed by atoms with E-state index in [1.54, 1.807) is 40.6 Å². The van der Waals surface area contributed by atoms with Crippen LogP contribution in [-0.2, 0) is 0 Å². The molecular weight excluding hydrogens is 390 g/mol. The second-order valence-corrected chi connectivity index (χ2v) is 7.34. The van der Waals surface area contributed by atoms with Crippen molar-refractivity contribution in [3.05, 3.63) is 63.8 Å². The topological polar surface area (TPSA) is 40.9 Å². The lowest BCUT2D eigenvalue weighted by Crippen LogP contribution is -2.49. The van der Waals surface area contributed by atoms with E-state index in [0.717, 1.165) is 5.69 Å². The minimum absolute atomic E-state index is 0.0999. The maximum atomic E-state index is 13.1. The van der Waals surface area contributed by atoms with E-state index in [-0.39, 0.29) is 11.7 Å². The number of amides is 1. The van der Waals surface area contributed by atoms with Crippen molar-refractivity contribution < 1.29 is 9.18 Å². The van der Waals surface area contributed by atoms with Gasteiger partial charge in [0, 0.05) is 38.1 Å². The zero-order chi connectivity index (χ0) is 19.1. The molecule has 2 aromatic heterocycles. The molecule has 5 nitrogen and oxygen atoms in total. The number of halogens is 3. The lowest BCUT2D eigenvalue weighted by atomic mass is 10.2. The van der Waals surface area contributed by atoms with Crippen LogP contribution in [0, 0.1) is 12.7 Å². The molecule has 8 heteroatoms. The first-order valence-corrected chi connectivity index (χ1v) is 9.33. The number of hydrogen-bond donors (Lipinski definition) is 0. The molecule has 27 heavy (non-hydrogen) atoms. The molecule has 0 spiro atoms. The molecule has 0 bridgehead atoms. The van der Waals surface area contributed by atoms with Gasteiger partial charge in [-0.1, -0.05) is 23.2 Å². The van der Waals surface area contributed by atoms with Crippen LogP contribution in [0.25, 0.3) is 5.65 Å². The van der Waals surface area contributed by atoms with Crippen molar-refractivity contribution in [1.82, 2.24) is 14.3 Å². The van der Waals surface area contributed by atoms with Gasteiger partial charge in [0.1, 0.15) is 11.5 Å². The molecule has 140 valence electrons. The van der Waals surface area contributed by atoms with Crippen LogP contribution in [0.3, 0.4) is 0 Å². The van der Waals surface area contributed by atoms with Crippen LogP contribution < -0.4 is 4.90 Å². The summed E-state index contributed by atoms with van der Waals surface area (Å²) in [4.78, 5) is 21.5. The number of carbonyl (C=O) groups is 1. The number of imidazole rings is 1. The molecule has 0 aliphatic carbocycles. The van der Waals surface area contributed by atoms with Gasteiger partial charge in [0.05, 0.1) is 15.7 Å². The van der Waals surface area contributed by atoms with E-state index >= 15 is 0 Å². The lowest BCUT2D eigenvalue weighted by Gasteiger charge is -2.36. The number of fused-ring (bicyclic) bond motifs is 1. The largest absolute Gasteiger partial charge is 0.368 e. The van der Waals surface area contributed by atoms with Gasteiger partial charge in [-0.05, 0) is 37.3 Å². The normalized spacial score (nSPS) is 14.8. The zero-order valence-corrected chi connectivity index (χ0v) is 16.1. The van der Waals surface area contributed by atoms with E-state index in [1.807, 2.05) is 0 Å². The molecule has 3 aromatic rings. The number of benzene rings is 1. The number of aromatic nitrogens is 2. The summed E-state index contributed by atoms with van der Waals surface area (Å²) in [6.07, 6.45) is 1.66. The third kappa shape index (κ3) is 3.35. The van der Waals surface area contributed by atoms with Crippen molar-refractivity contribution in [3.8, 4) is 0 Å². The minimum atomic E-state index is -0.257. The molecule has 1 aliphatic heterocycles. The van der Waals surface area contributed by atoms with Gasteiger partial charge in [-0.2, -0.15) is 0 Å². The molecule has 0 unspecified atom stereocenters. The smallest absolute Gasteiger partial charge is 0.272 e. The Morgan fingerprint density at radius 1 is 1.11 bits per heavy atom. The molecular formula is C19H17Cl2FN4O. The van der Waals surface area contributed by atoms with Gasteiger partial charge in [-0.15, -0.1) is 0 Å². The van der Waals surface area contributed by atoms with Gasteiger partial charge in [-0.25, -0.2) is 9.37 Å². The Hall–Kier alpha value is -2.31. The zero-order valence-electron chi connectivity index (χ0n) is 14.6. The Labute approximate surface area is 165 Å². The van der Waals surface area contributed by atoms with Gasteiger partial charge >= 0.3 is 0 Å². The molecule has 1 amide bonds. The Morgan fingerprint density at radius 3 is 2.44 bits per heavy atom. The molecule has 1 fully saturated rings. The van der Waals surface area contributed by atoms with Crippen LogP contribution in [0.1, 0.15) is 16.2 Å². The van der Waals surface area contributed by atoms with E-state index in [9.17, 15) is 9.18 Å². The highest BCUT2D eigenvalue weighted by molar-refractivity contribution is 6.36. The van der Waals surface area contributed by atoms with Crippen molar-refractivity contribution >= 4 is 40.4 Å². The minimum Gasteiger partial charge on any atom is -0.368 e. The number of rotatable bonds is 2. The van der Waals surface area contributed by atoms with Gasteiger partial charge in [-0.3, -0.25) is 9.20 Å². The highest BCUT2D eigenvalue weighted by atomic mass is 35.5. The summed E-state index contributed by atoms with van der Waals surface area (Å²) in [5.41, 5.74) is 2.56. The second-order valence-electron chi connectivity index (χ2n) is 6.50. The molecule has 1 aromatic carbocycles. The number of carbonyl (C=O) groups excluding carboxylic acids is 1. The number of nitrogens with zero attached hydrogens (tertiary/aromatic N) is 4. The SMILES string of the molecule is Cc1nc2c(Cl)cc(Cl)cn2c1C(=O)N1CCN(c2ccc(F)cc2)CC1. The quantitative estimate of drug-likeness (QED) is 0.644. The molecule has 1 aliphatic rings. The highest BCUT2D eigenvalue weighted by Gasteiger charge is 2.27. The standard InChI is InChI=1S/C19H17Cl2FN4O/c1-12-17(26-11-13(20)10-16(21)18(26)23-12)19(27)25-8-6-24(7-9-25)15-4-2-14(22)3-5-15/h2-5,10-11H,6-9H2,1H3. The van der Waals surface area contributed by atoms with Crippen molar-refractivity contribution in [2.45, 2.75) is 6.92 Å². The van der Waals surface area contributed by atoms with Crippen molar-refractivity contribution in [2.75, 3.05) is 31.1 Å². The Bertz CT molecular complexity index is 1010. The van der Waals surface area contributed by atoms with Crippen LogP contribution in [-0.4, -0.2) is 46.4 Å². The monoisotopic (exact) mass is 406 g/mol. The fourth-order valence-electron chi connectivity index (χ4n) is 3.41. The number of aryl methyl sites for hydroxylation is 1. The third-order valence-electron chi connectivity index (χ3n) is 4.78. The molecule has 0 saturated carbocycles. The summed E-state index contributed by atoms with van der Waals surface area (Å²) in [5, 5.41) is 0.853. The third-order valence-corrected chi connectivity index (χ3v) is 5.26. The summed E-state index contributed by atoms with van der Waals surface area (Å²) in [6.45, 7) is 4.27. The van der Waals surface area contributed by atoms with E-state index in [1.165, 1.54) is 12.1 Å². The van der Waals surface area contributed by atoms with Crippen LogP contribution in [0.2, 0.25) is 10.0 Å². The molecule has 4 rings (SSSR count). The maximum absolute atomic E-state index is 13.1. The average Bonchev–Trinajstić information content (AvgIpc) is 2.98. The number of piperazine rings is 1. The van der Waals surface area contributed by atoms with Gasteiger partial charge in [0.25, 0.3) is 5.91 Å². The van der Waals surface area contributed by atoms with Crippen LogP contribution >= 0.6 is 23.2 Å². The van der Waals surface area contributed by atoms with Crippen LogP contribution in [0.5, 0.6) is 0 Å². The van der Waals surface area contributed by atoms with E-state index < -0.39 is 0 Å². The highest BCUT2D eigenvalue weighted by Crippen LogP contribution is 2.25. The Balaban J connectivity index is 1.55. The fourth-order valence-corrected chi connectivity index (χ4v) is 3.93. The van der Waals surface area contributed by atoms with E-state index in [2.05, 4.69) is 9.88 Å². The number of anilines is 1. The van der Waals surface area contributed by atoms with E-state index in [0.29, 0.717) is 53.3 Å². The summed E-state index contributed by atoms with van der Waals surface area (Å²) in [7, 11) is 0. The first-order valence-electron chi connectivity index (χ1n) is 8.57. The predicted octanol–water partition coefficient (Wildman–Crippen LogP) is 4.05.